The fraction of sp³-hybridized carbons (Fsp3) is 0.154. The molecule has 0 radical (unpaired) electrons. The van der Waals surface area contributed by atoms with E-state index in [9.17, 15) is 0 Å². The van der Waals surface area contributed by atoms with Crippen LogP contribution in [0.15, 0.2) is 47.5 Å². The van der Waals surface area contributed by atoms with Gasteiger partial charge in [-0.2, -0.15) is 0 Å². The quantitative estimate of drug-likeness (QED) is 0.352. The summed E-state index contributed by atoms with van der Waals surface area (Å²) in [7, 11) is 0. The molecule has 0 amide bonds. The fourth-order valence-electron chi connectivity index (χ4n) is 1.54. The highest BCUT2D eigenvalue weighted by molar-refractivity contribution is 7.16. The molecule has 1 aromatic heterocycles. The topological polar surface area (TPSA) is 62.4 Å². The number of guanidine groups is 1. The number of nitrogens with one attached hydrogen (secondary N) is 2. The summed E-state index contributed by atoms with van der Waals surface area (Å²) >= 11 is 7.45. The first-order chi connectivity index (χ1) is 9.28. The summed E-state index contributed by atoms with van der Waals surface area (Å²) in [5.74, 6) is 5.99. The average Bonchev–Trinajstić information content (AvgIpc) is 2.84. The largest absolute Gasteiger partial charge is 0.325 e. The lowest BCUT2D eigenvalue weighted by Crippen LogP contribution is -2.36. The molecule has 4 N–H and O–H groups in total. The normalized spacial score (nSPS) is 11.4. The Labute approximate surface area is 121 Å². The number of anilines is 1. The number of hydrazine groups is 1. The van der Waals surface area contributed by atoms with Crippen LogP contribution in [0.5, 0.6) is 0 Å². The molecular weight excluding hydrogens is 280 g/mol. The Morgan fingerprint density at radius 3 is 2.63 bits per heavy atom. The molecule has 1 aromatic carbocycles. The molecule has 0 saturated carbocycles. The number of aliphatic imine (C=N–C) groups is 1. The second-order valence-corrected chi connectivity index (χ2v) is 5.62. The van der Waals surface area contributed by atoms with Gasteiger partial charge < -0.3 is 5.32 Å². The summed E-state index contributed by atoms with van der Waals surface area (Å²) < 4.78 is 0.804. The standard InChI is InChI=1S/C13H15ClN4S/c14-12-7-6-11(19-12)8-9-16-13(18-15)17-10-4-2-1-3-5-10/h1-7H,8-9,15H2,(H2,16,17,18). The van der Waals surface area contributed by atoms with Crippen molar-refractivity contribution in [3.8, 4) is 0 Å². The Hall–Kier alpha value is -1.56. The van der Waals surface area contributed by atoms with Crippen molar-refractivity contribution in [2.45, 2.75) is 6.42 Å². The van der Waals surface area contributed by atoms with Crippen LogP contribution in [0.1, 0.15) is 4.88 Å². The van der Waals surface area contributed by atoms with Gasteiger partial charge in [0.1, 0.15) is 0 Å². The number of hydrogen-bond donors (Lipinski definition) is 3. The first kappa shape index (κ1) is 13.9. The van der Waals surface area contributed by atoms with Gasteiger partial charge in [0.2, 0.25) is 5.96 Å². The maximum Gasteiger partial charge on any atom is 0.210 e. The minimum absolute atomic E-state index is 0.550. The van der Waals surface area contributed by atoms with Gasteiger partial charge in [-0.3, -0.25) is 10.4 Å². The Kier molecular flexibility index (Phi) is 5.20. The maximum atomic E-state index is 5.87. The van der Waals surface area contributed by atoms with Crippen LogP contribution in [0.3, 0.4) is 0 Å². The van der Waals surface area contributed by atoms with Crippen LogP contribution in [0, 0.1) is 0 Å². The van der Waals surface area contributed by atoms with E-state index >= 15 is 0 Å². The van der Waals surface area contributed by atoms with Crippen LogP contribution < -0.4 is 16.6 Å². The van der Waals surface area contributed by atoms with Gasteiger partial charge >= 0.3 is 0 Å². The van der Waals surface area contributed by atoms with Crippen LogP contribution in [-0.2, 0) is 6.42 Å². The van der Waals surface area contributed by atoms with E-state index in [1.807, 2.05) is 42.5 Å². The smallest absolute Gasteiger partial charge is 0.210 e. The third-order valence-electron chi connectivity index (χ3n) is 2.43. The lowest BCUT2D eigenvalue weighted by molar-refractivity contribution is 0.940. The highest BCUT2D eigenvalue weighted by atomic mass is 35.5. The predicted molar refractivity (Wildman–Crippen MR) is 82.7 cm³/mol. The third kappa shape index (κ3) is 4.55. The zero-order valence-corrected chi connectivity index (χ0v) is 11.8. The van der Waals surface area contributed by atoms with E-state index in [4.69, 9.17) is 17.4 Å². The van der Waals surface area contributed by atoms with Gasteiger partial charge in [-0.05, 0) is 24.3 Å². The van der Waals surface area contributed by atoms with Gasteiger partial charge in [0.25, 0.3) is 0 Å². The van der Waals surface area contributed by atoms with Crippen LogP contribution in [0.25, 0.3) is 0 Å². The van der Waals surface area contributed by atoms with Crippen LogP contribution in [0.2, 0.25) is 4.34 Å². The van der Waals surface area contributed by atoms with Gasteiger partial charge in [0.15, 0.2) is 0 Å². The molecule has 4 nitrogen and oxygen atoms in total. The number of halogens is 1. The molecule has 0 bridgehead atoms. The van der Waals surface area contributed by atoms with Crippen LogP contribution in [0.4, 0.5) is 5.69 Å². The van der Waals surface area contributed by atoms with Crippen molar-refractivity contribution < 1.29 is 0 Å². The molecule has 6 heteroatoms. The summed E-state index contributed by atoms with van der Waals surface area (Å²) in [5, 5.41) is 3.11. The van der Waals surface area contributed by atoms with Crippen LogP contribution in [-0.4, -0.2) is 12.5 Å². The van der Waals surface area contributed by atoms with E-state index in [-0.39, 0.29) is 0 Å². The third-order valence-corrected chi connectivity index (χ3v) is 3.72. The van der Waals surface area contributed by atoms with Gasteiger partial charge in [0.05, 0.1) is 4.34 Å². The van der Waals surface area contributed by atoms with E-state index < -0.39 is 0 Å². The first-order valence-corrected chi connectivity index (χ1v) is 7.05. The second kappa shape index (κ2) is 7.13. The van der Waals surface area contributed by atoms with E-state index in [0.717, 1.165) is 16.4 Å². The fourth-order valence-corrected chi connectivity index (χ4v) is 2.62. The number of thiophene rings is 1. The van der Waals surface area contributed by atoms with Gasteiger partial charge in [-0.1, -0.05) is 29.8 Å². The van der Waals surface area contributed by atoms with Crippen molar-refractivity contribution in [3.63, 3.8) is 0 Å². The minimum atomic E-state index is 0.550. The van der Waals surface area contributed by atoms with Crippen molar-refractivity contribution in [2.75, 3.05) is 11.9 Å². The molecule has 0 fully saturated rings. The van der Waals surface area contributed by atoms with Crippen molar-refractivity contribution in [1.29, 1.82) is 0 Å². The molecule has 0 atom stereocenters. The summed E-state index contributed by atoms with van der Waals surface area (Å²) in [6.07, 6.45) is 0.846. The maximum absolute atomic E-state index is 5.87. The Balaban J connectivity index is 1.88. The molecule has 2 rings (SSSR count). The first-order valence-electron chi connectivity index (χ1n) is 5.85. The van der Waals surface area contributed by atoms with Gasteiger partial charge in [0, 0.05) is 23.5 Å². The van der Waals surface area contributed by atoms with E-state index in [0.29, 0.717) is 12.5 Å². The van der Waals surface area contributed by atoms with Crippen molar-refractivity contribution >= 4 is 34.6 Å². The summed E-state index contributed by atoms with van der Waals surface area (Å²) in [4.78, 5) is 5.59. The molecule has 100 valence electrons. The molecule has 0 aliphatic rings. The van der Waals surface area contributed by atoms with Crippen LogP contribution >= 0.6 is 22.9 Å². The minimum Gasteiger partial charge on any atom is -0.325 e. The van der Waals surface area contributed by atoms with E-state index in [1.54, 1.807) is 11.3 Å². The molecule has 2 aromatic rings. The lowest BCUT2D eigenvalue weighted by Gasteiger charge is -2.08. The van der Waals surface area contributed by atoms with E-state index in [2.05, 4.69) is 15.7 Å². The molecule has 0 aliphatic carbocycles. The molecule has 0 aliphatic heterocycles. The summed E-state index contributed by atoms with van der Waals surface area (Å²) in [5.41, 5.74) is 3.50. The molecule has 0 spiro atoms. The van der Waals surface area contributed by atoms with Gasteiger partial charge in [-0.25, -0.2) is 5.84 Å². The average molecular weight is 295 g/mol. The zero-order valence-electron chi connectivity index (χ0n) is 10.3. The molecule has 0 saturated heterocycles. The Morgan fingerprint density at radius 1 is 1.21 bits per heavy atom. The zero-order chi connectivity index (χ0) is 13.5. The number of nitrogens with two attached hydrogens (primary N) is 1. The molecule has 1 heterocycles. The summed E-state index contributed by atoms with van der Waals surface area (Å²) in [6, 6.07) is 13.7. The predicted octanol–water partition coefficient (Wildman–Crippen LogP) is 2.88. The monoisotopic (exact) mass is 294 g/mol. The molecule has 19 heavy (non-hydrogen) atoms. The molecule has 0 unspecified atom stereocenters. The number of benzene rings is 1. The van der Waals surface area contributed by atoms with Gasteiger partial charge in [-0.15, -0.1) is 11.3 Å². The van der Waals surface area contributed by atoms with Crippen molar-refractivity contribution in [3.05, 3.63) is 51.7 Å². The summed E-state index contributed by atoms with van der Waals surface area (Å²) in [6.45, 7) is 0.649. The molecular formula is C13H15ClN4S. The highest BCUT2D eigenvalue weighted by Crippen LogP contribution is 2.21. The van der Waals surface area contributed by atoms with Crippen molar-refractivity contribution in [2.24, 2.45) is 10.8 Å². The number of hydrogen-bond acceptors (Lipinski definition) is 3. The SMILES string of the molecule is NNC(=NCCc1ccc(Cl)s1)Nc1ccccc1. The number of nitrogens with zero attached hydrogens (tertiary/aromatic N) is 1. The van der Waals surface area contributed by atoms with E-state index in [1.165, 1.54) is 4.88 Å². The Morgan fingerprint density at radius 2 is 2.00 bits per heavy atom. The second-order valence-electron chi connectivity index (χ2n) is 3.82. The van der Waals surface area contributed by atoms with Crippen molar-refractivity contribution in [1.82, 2.24) is 5.43 Å². The lowest BCUT2D eigenvalue weighted by atomic mass is 10.3. The Bertz CT molecular complexity index is 539. The number of rotatable bonds is 4. The number of para-hydroxylation sites is 1. The highest BCUT2D eigenvalue weighted by Gasteiger charge is 1.99.